The number of nitrogens with one attached hydrogen (secondary N) is 1. The van der Waals surface area contributed by atoms with Crippen molar-refractivity contribution >= 4 is 16.8 Å². The van der Waals surface area contributed by atoms with Gasteiger partial charge in [0, 0.05) is 6.04 Å². The van der Waals surface area contributed by atoms with Crippen molar-refractivity contribution in [2.75, 3.05) is 0 Å². The summed E-state index contributed by atoms with van der Waals surface area (Å²) in [6, 6.07) is 15.6. The van der Waals surface area contributed by atoms with E-state index < -0.39 is 0 Å². The van der Waals surface area contributed by atoms with E-state index in [2.05, 4.69) is 28.5 Å². The van der Waals surface area contributed by atoms with Crippen LogP contribution in [0.4, 0.5) is 0 Å². The summed E-state index contributed by atoms with van der Waals surface area (Å²) < 4.78 is 1.37. The molecule has 4 rings (SSSR count). The number of amides is 1. The van der Waals surface area contributed by atoms with E-state index in [1.807, 2.05) is 12.1 Å². The summed E-state index contributed by atoms with van der Waals surface area (Å²) in [6.45, 7) is -0.00514. The van der Waals surface area contributed by atoms with Crippen LogP contribution in [0.5, 0.6) is 0 Å². The van der Waals surface area contributed by atoms with Gasteiger partial charge in [0.25, 0.3) is 5.56 Å². The summed E-state index contributed by atoms with van der Waals surface area (Å²) in [5.41, 5.74) is 3.12. The van der Waals surface area contributed by atoms with Crippen LogP contribution in [-0.2, 0) is 24.2 Å². The summed E-state index contributed by atoms with van der Waals surface area (Å²) in [5.74, 6) is -0.149. The second-order valence-corrected chi connectivity index (χ2v) is 6.47. The normalized spacial score (nSPS) is 16.4. The van der Waals surface area contributed by atoms with Gasteiger partial charge in [0.2, 0.25) is 5.91 Å². The lowest BCUT2D eigenvalue weighted by molar-refractivity contribution is -0.122. The van der Waals surface area contributed by atoms with Crippen molar-refractivity contribution in [3.05, 3.63) is 76.3 Å². The highest BCUT2D eigenvalue weighted by Gasteiger charge is 2.20. The van der Waals surface area contributed by atoms with Crippen molar-refractivity contribution < 1.29 is 4.79 Å². The van der Waals surface area contributed by atoms with Crippen molar-refractivity contribution in [1.82, 2.24) is 14.9 Å². The standard InChI is InChI=1S/C20H19N3O2/c24-19(22-16-10-9-14-5-1-2-6-15(14)11-16)12-23-13-21-18-8-4-3-7-17(18)20(23)25/h1-8,13,16H,9-12H2,(H,22,24)/t16-/m0/s1. The molecule has 0 radical (unpaired) electrons. The second kappa shape index (κ2) is 6.51. The zero-order chi connectivity index (χ0) is 17.2. The van der Waals surface area contributed by atoms with E-state index in [1.54, 1.807) is 18.2 Å². The van der Waals surface area contributed by atoms with Gasteiger partial charge in [-0.2, -0.15) is 0 Å². The Balaban J connectivity index is 1.46. The van der Waals surface area contributed by atoms with Crippen LogP contribution in [0.25, 0.3) is 10.9 Å². The van der Waals surface area contributed by atoms with Gasteiger partial charge in [-0.15, -0.1) is 0 Å². The van der Waals surface area contributed by atoms with Crippen molar-refractivity contribution in [3.63, 3.8) is 0 Å². The zero-order valence-corrected chi connectivity index (χ0v) is 13.8. The fraction of sp³-hybridized carbons (Fsp3) is 0.250. The largest absolute Gasteiger partial charge is 0.351 e. The average molecular weight is 333 g/mol. The molecular formula is C20H19N3O2. The Morgan fingerprint density at radius 2 is 1.88 bits per heavy atom. The molecule has 0 bridgehead atoms. The molecule has 5 heteroatoms. The van der Waals surface area contributed by atoms with Crippen LogP contribution in [-0.4, -0.2) is 21.5 Å². The molecule has 126 valence electrons. The Labute approximate surface area is 145 Å². The Hall–Kier alpha value is -2.95. The predicted molar refractivity (Wildman–Crippen MR) is 96.4 cm³/mol. The summed E-state index contributed by atoms with van der Waals surface area (Å²) >= 11 is 0. The maximum Gasteiger partial charge on any atom is 0.261 e. The number of para-hydroxylation sites is 1. The maximum atomic E-state index is 12.5. The molecule has 1 aliphatic carbocycles. The summed E-state index contributed by atoms with van der Waals surface area (Å²) in [6.07, 6.45) is 4.18. The number of benzene rings is 2. The molecule has 0 unspecified atom stereocenters. The summed E-state index contributed by atoms with van der Waals surface area (Å²) in [5, 5.41) is 3.59. The van der Waals surface area contributed by atoms with Gasteiger partial charge in [0.05, 0.1) is 17.2 Å². The molecule has 0 spiro atoms. The molecule has 3 aromatic rings. The average Bonchev–Trinajstić information content (AvgIpc) is 2.64. The number of carbonyl (C=O) groups excluding carboxylic acids is 1. The van der Waals surface area contributed by atoms with Gasteiger partial charge in [0.15, 0.2) is 0 Å². The molecule has 5 nitrogen and oxygen atoms in total. The van der Waals surface area contributed by atoms with Crippen LogP contribution in [0.1, 0.15) is 17.5 Å². The molecule has 2 aromatic carbocycles. The van der Waals surface area contributed by atoms with E-state index in [1.165, 1.54) is 22.0 Å². The van der Waals surface area contributed by atoms with Crippen LogP contribution in [0, 0.1) is 0 Å². The molecule has 0 aliphatic heterocycles. The Morgan fingerprint density at radius 3 is 2.76 bits per heavy atom. The maximum absolute atomic E-state index is 12.5. The van der Waals surface area contributed by atoms with Crippen molar-refractivity contribution in [3.8, 4) is 0 Å². The molecule has 25 heavy (non-hydrogen) atoms. The lowest BCUT2D eigenvalue weighted by Gasteiger charge is -2.25. The van der Waals surface area contributed by atoms with E-state index in [4.69, 9.17) is 0 Å². The number of aryl methyl sites for hydroxylation is 1. The smallest absolute Gasteiger partial charge is 0.261 e. The van der Waals surface area contributed by atoms with E-state index in [-0.39, 0.29) is 24.1 Å². The van der Waals surface area contributed by atoms with Gasteiger partial charge in [0.1, 0.15) is 6.54 Å². The minimum Gasteiger partial charge on any atom is -0.351 e. The molecule has 1 N–H and O–H groups in total. The first kappa shape index (κ1) is 15.6. The van der Waals surface area contributed by atoms with Gasteiger partial charge >= 0.3 is 0 Å². The first-order chi connectivity index (χ1) is 12.2. The molecule has 1 atom stereocenters. The fourth-order valence-corrected chi connectivity index (χ4v) is 3.47. The van der Waals surface area contributed by atoms with Gasteiger partial charge in [-0.25, -0.2) is 4.98 Å². The highest BCUT2D eigenvalue weighted by molar-refractivity contribution is 5.79. The molecule has 1 aromatic heterocycles. The lowest BCUT2D eigenvalue weighted by atomic mass is 9.88. The van der Waals surface area contributed by atoms with E-state index >= 15 is 0 Å². The first-order valence-corrected chi connectivity index (χ1v) is 8.51. The number of hydrogen-bond donors (Lipinski definition) is 1. The molecule has 0 saturated heterocycles. The van der Waals surface area contributed by atoms with Crippen LogP contribution in [0.15, 0.2) is 59.7 Å². The van der Waals surface area contributed by atoms with Crippen molar-refractivity contribution in [1.29, 1.82) is 0 Å². The third-order valence-electron chi connectivity index (χ3n) is 4.76. The van der Waals surface area contributed by atoms with Crippen molar-refractivity contribution in [2.24, 2.45) is 0 Å². The Bertz CT molecular complexity index is 993. The third-order valence-corrected chi connectivity index (χ3v) is 4.76. The number of nitrogens with zero attached hydrogens (tertiary/aromatic N) is 2. The van der Waals surface area contributed by atoms with Crippen LogP contribution in [0.2, 0.25) is 0 Å². The quantitative estimate of drug-likeness (QED) is 0.798. The third kappa shape index (κ3) is 3.18. The monoisotopic (exact) mass is 333 g/mol. The van der Waals surface area contributed by atoms with Crippen molar-refractivity contribution in [2.45, 2.75) is 31.8 Å². The van der Waals surface area contributed by atoms with E-state index in [0.29, 0.717) is 10.9 Å². The van der Waals surface area contributed by atoms with Crippen LogP contribution < -0.4 is 10.9 Å². The van der Waals surface area contributed by atoms with Gasteiger partial charge in [-0.3, -0.25) is 14.2 Å². The van der Waals surface area contributed by atoms with Gasteiger partial charge in [-0.05, 0) is 42.5 Å². The highest BCUT2D eigenvalue weighted by Crippen LogP contribution is 2.20. The SMILES string of the molecule is O=C(Cn1cnc2ccccc2c1=O)N[C@H]1CCc2ccccc2C1. The van der Waals surface area contributed by atoms with Crippen LogP contribution >= 0.6 is 0 Å². The first-order valence-electron chi connectivity index (χ1n) is 8.51. The summed E-state index contributed by atoms with van der Waals surface area (Å²) in [4.78, 5) is 29.1. The number of carbonyl (C=O) groups is 1. The Morgan fingerprint density at radius 1 is 1.12 bits per heavy atom. The molecule has 1 amide bonds. The molecule has 1 aliphatic rings. The van der Waals surface area contributed by atoms with Crippen LogP contribution in [0.3, 0.4) is 0 Å². The van der Waals surface area contributed by atoms with Gasteiger partial charge < -0.3 is 5.32 Å². The minimum atomic E-state index is -0.185. The number of fused-ring (bicyclic) bond motifs is 2. The minimum absolute atomic E-state index is 0.00514. The van der Waals surface area contributed by atoms with Gasteiger partial charge in [-0.1, -0.05) is 36.4 Å². The number of hydrogen-bond acceptors (Lipinski definition) is 3. The molecule has 0 saturated carbocycles. The van der Waals surface area contributed by atoms with E-state index in [0.717, 1.165) is 19.3 Å². The number of rotatable bonds is 3. The zero-order valence-electron chi connectivity index (χ0n) is 13.8. The Kier molecular flexibility index (Phi) is 4.06. The lowest BCUT2D eigenvalue weighted by Crippen LogP contribution is -2.41. The topological polar surface area (TPSA) is 64.0 Å². The fourth-order valence-electron chi connectivity index (χ4n) is 3.47. The summed E-state index contributed by atoms with van der Waals surface area (Å²) in [7, 11) is 0. The highest BCUT2D eigenvalue weighted by atomic mass is 16.2. The molecule has 1 heterocycles. The molecular weight excluding hydrogens is 314 g/mol. The predicted octanol–water partition coefficient (Wildman–Crippen LogP) is 2.07. The second-order valence-electron chi connectivity index (χ2n) is 6.47. The number of aromatic nitrogens is 2. The van der Waals surface area contributed by atoms with E-state index in [9.17, 15) is 9.59 Å². The molecule has 0 fully saturated rings.